The van der Waals surface area contributed by atoms with Crippen molar-refractivity contribution in [3.8, 4) is 6.07 Å². The summed E-state index contributed by atoms with van der Waals surface area (Å²) in [7, 11) is 1.96. The Morgan fingerprint density at radius 2 is 2.35 bits per heavy atom. The third kappa shape index (κ3) is 3.27. The quantitative estimate of drug-likeness (QED) is 0.867. The van der Waals surface area contributed by atoms with Gasteiger partial charge in [-0.25, -0.2) is 4.98 Å². The van der Waals surface area contributed by atoms with Gasteiger partial charge in [-0.3, -0.25) is 0 Å². The maximum atomic E-state index is 8.93. The molecule has 4 nitrogen and oxygen atoms in total. The number of hydrogen-bond acceptors (Lipinski definition) is 5. The van der Waals surface area contributed by atoms with Crippen molar-refractivity contribution in [3.63, 3.8) is 0 Å². The van der Waals surface area contributed by atoms with Crippen LogP contribution >= 0.6 is 11.8 Å². The van der Waals surface area contributed by atoms with Crippen molar-refractivity contribution in [1.29, 1.82) is 5.26 Å². The van der Waals surface area contributed by atoms with Gasteiger partial charge in [0.2, 0.25) is 0 Å². The van der Waals surface area contributed by atoms with Crippen molar-refractivity contribution in [2.75, 3.05) is 29.7 Å². The molecule has 1 rings (SSSR count). The Morgan fingerprint density at radius 1 is 1.65 bits per heavy atom. The van der Waals surface area contributed by atoms with E-state index in [1.807, 2.05) is 23.7 Å². The smallest absolute Gasteiger partial charge is 0.153 e. The van der Waals surface area contributed by atoms with Crippen molar-refractivity contribution in [2.24, 2.45) is 0 Å². The molecule has 1 aromatic rings. The second kappa shape index (κ2) is 6.36. The molecule has 0 aliphatic carbocycles. The van der Waals surface area contributed by atoms with Crippen LogP contribution in [0, 0.1) is 11.3 Å². The van der Waals surface area contributed by atoms with E-state index < -0.39 is 0 Å². The van der Waals surface area contributed by atoms with E-state index in [1.54, 1.807) is 12.3 Å². The van der Waals surface area contributed by atoms with E-state index in [4.69, 9.17) is 11.0 Å². The van der Waals surface area contributed by atoms with E-state index in [0.717, 1.165) is 12.2 Å². The number of anilines is 2. The molecule has 0 radical (unpaired) electrons. The highest BCUT2D eigenvalue weighted by atomic mass is 32.2. The summed E-state index contributed by atoms with van der Waals surface area (Å²) in [6.07, 6.45) is 4.78. The lowest BCUT2D eigenvalue weighted by Crippen LogP contribution is -2.31. The highest BCUT2D eigenvalue weighted by Crippen LogP contribution is 2.24. The molecule has 17 heavy (non-hydrogen) atoms. The molecule has 1 unspecified atom stereocenters. The molecule has 2 N–H and O–H groups in total. The van der Waals surface area contributed by atoms with Gasteiger partial charge in [0.25, 0.3) is 0 Å². The first-order chi connectivity index (χ1) is 8.11. The SMILES string of the molecule is CSCCC(C)N(C)c1nccc(C#N)c1N. The van der Waals surface area contributed by atoms with Crippen LogP contribution in [0.4, 0.5) is 11.5 Å². The van der Waals surface area contributed by atoms with Crippen LogP contribution in [0.25, 0.3) is 0 Å². The van der Waals surface area contributed by atoms with Crippen molar-refractivity contribution >= 4 is 23.3 Å². The Bertz CT molecular complexity index is 413. The Morgan fingerprint density at radius 3 is 2.94 bits per heavy atom. The average molecular weight is 250 g/mol. The summed E-state index contributed by atoms with van der Waals surface area (Å²) < 4.78 is 0. The number of nitrogens with two attached hydrogens (primary N) is 1. The Kier molecular flexibility index (Phi) is 5.11. The van der Waals surface area contributed by atoms with Gasteiger partial charge in [-0.1, -0.05) is 0 Å². The molecule has 5 heteroatoms. The van der Waals surface area contributed by atoms with Crippen LogP contribution in [-0.4, -0.2) is 30.1 Å². The van der Waals surface area contributed by atoms with Crippen molar-refractivity contribution in [1.82, 2.24) is 4.98 Å². The van der Waals surface area contributed by atoms with Gasteiger partial charge in [0, 0.05) is 19.3 Å². The summed E-state index contributed by atoms with van der Waals surface area (Å²) in [6, 6.07) is 4.07. The van der Waals surface area contributed by atoms with Crippen LogP contribution < -0.4 is 10.6 Å². The standard InChI is InChI=1S/C12H18N4S/c1-9(5-7-17-3)16(2)12-11(14)10(8-13)4-6-15-12/h4,6,9H,5,7,14H2,1-3H3. The minimum Gasteiger partial charge on any atom is -0.395 e. The van der Waals surface area contributed by atoms with Crippen LogP contribution in [0.5, 0.6) is 0 Å². The molecule has 1 heterocycles. The van der Waals surface area contributed by atoms with Gasteiger partial charge >= 0.3 is 0 Å². The fourth-order valence-corrected chi connectivity index (χ4v) is 2.11. The molecule has 0 amide bonds. The second-order valence-corrected chi connectivity index (χ2v) is 4.93. The maximum Gasteiger partial charge on any atom is 0.153 e. The predicted molar refractivity (Wildman–Crippen MR) is 74.2 cm³/mol. The van der Waals surface area contributed by atoms with E-state index in [9.17, 15) is 0 Å². The molecule has 0 saturated carbocycles. The zero-order valence-electron chi connectivity index (χ0n) is 10.5. The fourth-order valence-electron chi connectivity index (χ4n) is 1.53. The lowest BCUT2D eigenvalue weighted by atomic mass is 10.2. The van der Waals surface area contributed by atoms with Gasteiger partial charge in [-0.2, -0.15) is 17.0 Å². The fraction of sp³-hybridized carbons (Fsp3) is 0.500. The lowest BCUT2D eigenvalue weighted by Gasteiger charge is -2.27. The lowest BCUT2D eigenvalue weighted by molar-refractivity contribution is 0.663. The summed E-state index contributed by atoms with van der Waals surface area (Å²) in [5, 5.41) is 8.93. The van der Waals surface area contributed by atoms with E-state index in [-0.39, 0.29) is 0 Å². The Labute approximate surface area is 107 Å². The normalized spacial score (nSPS) is 11.9. The van der Waals surface area contributed by atoms with Crippen LogP contribution in [0.3, 0.4) is 0 Å². The third-order valence-corrected chi connectivity index (χ3v) is 3.47. The van der Waals surface area contributed by atoms with Gasteiger partial charge in [-0.15, -0.1) is 0 Å². The average Bonchev–Trinajstić information content (AvgIpc) is 2.35. The van der Waals surface area contributed by atoms with Gasteiger partial charge in [0.15, 0.2) is 5.82 Å². The van der Waals surface area contributed by atoms with Gasteiger partial charge in [0.05, 0.1) is 11.3 Å². The minimum atomic E-state index is 0.353. The predicted octanol–water partition coefficient (Wildman–Crippen LogP) is 2.11. The van der Waals surface area contributed by atoms with Gasteiger partial charge in [-0.05, 0) is 31.4 Å². The first kappa shape index (κ1) is 13.7. The van der Waals surface area contributed by atoms with Crippen LogP contribution in [0.1, 0.15) is 18.9 Å². The molecule has 1 atom stereocenters. The minimum absolute atomic E-state index is 0.353. The summed E-state index contributed by atoms with van der Waals surface area (Å²) in [5.74, 6) is 1.79. The molecule has 0 aliphatic rings. The summed E-state index contributed by atoms with van der Waals surface area (Å²) in [5.41, 5.74) is 6.88. The molecule has 0 spiro atoms. The van der Waals surface area contributed by atoms with Crippen molar-refractivity contribution in [3.05, 3.63) is 17.8 Å². The summed E-state index contributed by atoms with van der Waals surface area (Å²) in [4.78, 5) is 6.29. The summed E-state index contributed by atoms with van der Waals surface area (Å²) in [6.45, 7) is 2.14. The zero-order chi connectivity index (χ0) is 12.8. The molecule has 92 valence electrons. The molecular formula is C12H18N4S. The number of thioether (sulfide) groups is 1. The van der Waals surface area contributed by atoms with E-state index in [0.29, 0.717) is 23.1 Å². The molecule has 0 aliphatic heterocycles. The third-order valence-electron chi connectivity index (χ3n) is 2.82. The number of rotatable bonds is 5. The molecule has 0 fully saturated rings. The number of pyridine rings is 1. The van der Waals surface area contributed by atoms with Crippen LogP contribution in [-0.2, 0) is 0 Å². The molecule has 0 bridgehead atoms. The maximum absolute atomic E-state index is 8.93. The highest BCUT2D eigenvalue weighted by Gasteiger charge is 2.15. The first-order valence-electron chi connectivity index (χ1n) is 5.48. The van der Waals surface area contributed by atoms with Crippen LogP contribution in [0.2, 0.25) is 0 Å². The number of nitrogens with zero attached hydrogens (tertiary/aromatic N) is 3. The number of aromatic nitrogens is 1. The Balaban J connectivity index is 2.89. The van der Waals surface area contributed by atoms with E-state index in [1.165, 1.54) is 0 Å². The first-order valence-corrected chi connectivity index (χ1v) is 6.87. The number of nitrogen functional groups attached to an aromatic ring is 1. The number of hydrogen-bond donors (Lipinski definition) is 1. The number of nitriles is 1. The molecule has 0 aromatic carbocycles. The van der Waals surface area contributed by atoms with Crippen LogP contribution in [0.15, 0.2) is 12.3 Å². The second-order valence-electron chi connectivity index (χ2n) is 3.95. The molecule has 0 saturated heterocycles. The van der Waals surface area contributed by atoms with E-state index in [2.05, 4.69) is 24.2 Å². The highest BCUT2D eigenvalue weighted by molar-refractivity contribution is 7.98. The largest absolute Gasteiger partial charge is 0.395 e. The van der Waals surface area contributed by atoms with Crippen molar-refractivity contribution in [2.45, 2.75) is 19.4 Å². The van der Waals surface area contributed by atoms with Gasteiger partial charge < -0.3 is 10.6 Å². The van der Waals surface area contributed by atoms with E-state index >= 15 is 0 Å². The zero-order valence-corrected chi connectivity index (χ0v) is 11.3. The monoisotopic (exact) mass is 250 g/mol. The van der Waals surface area contributed by atoms with Gasteiger partial charge in [0.1, 0.15) is 6.07 Å². The molecular weight excluding hydrogens is 232 g/mol. The topological polar surface area (TPSA) is 65.9 Å². The molecule has 1 aromatic heterocycles. The Hall–Kier alpha value is -1.41. The summed E-state index contributed by atoms with van der Waals surface area (Å²) >= 11 is 1.82. The van der Waals surface area contributed by atoms with Crippen molar-refractivity contribution < 1.29 is 0 Å².